The monoisotopic (exact) mass is 381 g/mol. The number of anilines is 1. The Hall–Kier alpha value is -3.99. The van der Waals surface area contributed by atoms with Gasteiger partial charge in [-0.25, -0.2) is 4.98 Å². The van der Waals surface area contributed by atoms with E-state index in [0.717, 1.165) is 27.8 Å². The summed E-state index contributed by atoms with van der Waals surface area (Å²) in [5.74, 6) is 0.466. The first kappa shape index (κ1) is 18.4. The van der Waals surface area contributed by atoms with Gasteiger partial charge in [0.1, 0.15) is 5.82 Å². The number of hydrogen-bond donors (Lipinski definition) is 2. The molecule has 0 bridgehead atoms. The molecule has 1 amide bonds. The van der Waals surface area contributed by atoms with Crippen molar-refractivity contribution in [2.24, 2.45) is 0 Å². The quantitative estimate of drug-likeness (QED) is 0.473. The number of nitrogens with zero attached hydrogens (tertiary/aromatic N) is 1. The molecule has 0 unspecified atom stereocenters. The molecule has 1 heterocycles. The number of aromatic amines is 1. The minimum atomic E-state index is -0.167. The Morgan fingerprint density at radius 1 is 0.931 bits per heavy atom. The summed E-state index contributed by atoms with van der Waals surface area (Å²) in [6.45, 7) is 5.33. The van der Waals surface area contributed by atoms with E-state index in [9.17, 15) is 9.59 Å². The molecule has 0 fully saturated rings. The highest BCUT2D eigenvalue weighted by Crippen LogP contribution is 2.24. The molecule has 5 nitrogen and oxygen atoms in total. The van der Waals surface area contributed by atoms with E-state index < -0.39 is 0 Å². The summed E-state index contributed by atoms with van der Waals surface area (Å²) in [6.07, 6.45) is 0. The second-order valence-electron chi connectivity index (χ2n) is 6.75. The summed E-state index contributed by atoms with van der Waals surface area (Å²) in [6, 6.07) is 22.1. The summed E-state index contributed by atoms with van der Waals surface area (Å²) in [4.78, 5) is 31.8. The van der Waals surface area contributed by atoms with Crippen molar-refractivity contribution in [2.75, 3.05) is 5.32 Å². The van der Waals surface area contributed by atoms with Crippen molar-refractivity contribution < 1.29 is 9.59 Å². The maximum atomic E-state index is 12.4. The molecule has 0 saturated carbocycles. The summed E-state index contributed by atoms with van der Waals surface area (Å²) < 4.78 is 0. The first-order chi connectivity index (χ1) is 14.0. The summed E-state index contributed by atoms with van der Waals surface area (Å²) in [5, 5.41) is 2.87. The van der Waals surface area contributed by atoms with Crippen LogP contribution in [0.4, 0.5) is 5.69 Å². The zero-order valence-electron chi connectivity index (χ0n) is 15.9. The summed E-state index contributed by atoms with van der Waals surface area (Å²) in [7, 11) is 0. The third-order valence-corrected chi connectivity index (χ3v) is 4.71. The number of imidazole rings is 1. The third kappa shape index (κ3) is 3.84. The van der Waals surface area contributed by atoms with E-state index in [1.165, 1.54) is 6.92 Å². The third-order valence-electron chi connectivity index (χ3n) is 4.71. The van der Waals surface area contributed by atoms with Gasteiger partial charge in [0.2, 0.25) is 0 Å². The number of allylic oxidation sites excluding steroid dienone is 1. The molecular formula is C24H19N3O2. The molecule has 0 atom stereocenters. The minimum Gasteiger partial charge on any atom is -0.338 e. The molecule has 3 aromatic carbocycles. The number of benzene rings is 3. The smallest absolute Gasteiger partial charge is 0.255 e. The largest absolute Gasteiger partial charge is 0.338 e. The van der Waals surface area contributed by atoms with Crippen molar-refractivity contribution in [1.82, 2.24) is 9.97 Å². The highest BCUT2D eigenvalue weighted by Gasteiger charge is 2.11. The Morgan fingerprint density at radius 2 is 1.62 bits per heavy atom. The van der Waals surface area contributed by atoms with E-state index in [-0.39, 0.29) is 11.7 Å². The van der Waals surface area contributed by atoms with Gasteiger partial charge < -0.3 is 10.3 Å². The van der Waals surface area contributed by atoms with Gasteiger partial charge in [0.05, 0.1) is 11.0 Å². The minimum absolute atomic E-state index is 0.0616. The average molecular weight is 381 g/mol. The molecular weight excluding hydrogens is 362 g/mol. The molecule has 2 N–H and O–H groups in total. The first-order valence-corrected chi connectivity index (χ1v) is 9.18. The van der Waals surface area contributed by atoms with Crippen LogP contribution in [0.3, 0.4) is 0 Å². The Balaban J connectivity index is 1.57. The fourth-order valence-corrected chi connectivity index (χ4v) is 3.04. The number of H-pyrrole nitrogens is 1. The fourth-order valence-electron chi connectivity index (χ4n) is 3.04. The molecule has 0 aliphatic rings. The summed E-state index contributed by atoms with van der Waals surface area (Å²) in [5.41, 5.74) is 5.04. The first-order valence-electron chi connectivity index (χ1n) is 9.18. The van der Waals surface area contributed by atoms with E-state index in [1.54, 1.807) is 12.1 Å². The normalized spacial score (nSPS) is 10.7. The van der Waals surface area contributed by atoms with Crippen LogP contribution in [0.15, 0.2) is 79.4 Å². The van der Waals surface area contributed by atoms with Gasteiger partial charge in [-0.05, 0) is 48.9 Å². The van der Waals surface area contributed by atoms with Crippen LogP contribution < -0.4 is 5.32 Å². The van der Waals surface area contributed by atoms with Gasteiger partial charge in [0, 0.05) is 22.4 Å². The number of carbonyl (C=O) groups excluding carboxylic acids is 2. The lowest BCUT2D eigenvalue weighted by Gasteiger charge is -2.05. The summed E-state index contributed by atoms with van der Waals surface area (Å²) >= 11 is 0. The zero-order valence-corrected chi connectivity index (χ0v) is 15.9. The second kappa shape index (κ2) is 7.56. The number of fused-ring (bicyclic) bond motifs is 1. The molecule has 1 aromatic heterocycles. The number of ketones is 1. The highest BCUT2D eigenvalue weighted by molar-refractivity contribution is 6.19. The maximum Gasteiger partial charge on any atom is 0.255 e. The Labute approximate surface area is 168 Å². The zero-order chi connectivity index (χ0) is 20.4. The molecule has 4 rings (SSSR count). The predicted molar refractivity (Wildman–Crippen MR) is 116 cm³/mol. The Morgan fingerprint density at radius 3 is 2.31 bits per heavy atom. The lowest BCUT2D eigenvalue weighted by molar-refractivity contribution is -0.111. The molecule has 0 radical (unpaired) electrons. The Kier molecular flexibility index (Phi) is 4.79. The van der Waals surface area contributed by atoms with E-state index in [2.05, 4.69) is 21.9 Å². The molecule has 0 aliphatic carbocycles. The van der Waals surface area contributed by atoms with Crippen molar-refractivity contribution in [1.29, 1.82) is 0 Å². The number of carbonyl (C=O) groups is 2. The van der Waals surface area contributed by atoms with Gasteiger partial charge in [-0.15, -0.1) is 0 Å². The van der Waals surface area contributed by atoms with Gasteiger partial charge in [0.15, 0.2) is 5.78 Å². The van der Waals surface area contributed by atoms with Crippen LogP contribution in [0.5, 0.6) is 0 Å². The predicted octanol–water partition coefficient (Wildman–Crippen LogP) is 5.08. The number of rotatable bonds is 5. The average Bonchev–Trinajstić information content (AvgIpc) is 3.17. The number of amides is 1. The molecule has 4 aromatic rings. The van der Waals surface area contributed by atoms with Crippen molar-refractivity contribution in [3.8, 4) is 11.4 Å². The number of para-hydroxylation sites is 1. The van der Waals surface area contributed by atoms with E-state index in [4.69, 9.17) is 0 Å². The van der Waals surface area contributed by atoms with Gasteiger partial charge in [-0.1, -0.05) is 43.0 Å². The SMILES string of the molecule is C=C(C(C)=O)c1ccc2nc(-c3ccc(C(=O)Nc4ccccc4)cc3)[nH]c2c1. The maximum absolute atomic E-state index is 12.4. The standard InChI is InChI=1S/C24H19N3O2/c1-15(16(2)28)19-12-13-21-22(14-19)27-23(26-21)17-8-10-18(11-9-17)24(29)25-20-6-4-3-5-7-20/h3-14H,1H2,2H3,(H,25,29)(H,26,27). The molecule has 0 spiro atoms. The molecule has 5 heteroatoms. The van der Waals surface area contributed by atoms with Crippen molar-refractivity contribution in [3.05, 3.63) is 90.5 Å². The van der Waals surface area contributed by atoms with E-state index >= 15 is 0 Å². The van der Waals surface area contributed by atoms with Crippen molar-refractivity contribution in [3.63, 3.8) is 0 Å². The van der Waals surface area contributed by atoms with Crippen LogP contribution in [-0.4, -0.2) is 21.7 Å². The topological polar surface area (TPSA) is 74.8 Å². The van der Waals surface area contributed by atoms with Crippen molar-refractivity contribution in [2.45, 2.75) is 6.92 Å². The van der Waals surface area contributed by atoms with Crippen LogP contribution >= 0.6 is 0 Å². The van der Waals surface area contributed by atoms with Crippen LogP contribution in [0.2, 0.25) is 0 Å². The van der Waals surface area contributed by atoms with Crippen LogP contribution in [0.1, 0.15) is 22.8 Å². The number of nitrogens with one attached hydrogen (secondary N) is 2. The van der Waals surface area contributed by atoms with Crippen LogP contribution in [0, 0.1) is 0 Å². The van der Waals surface area contributed by atoms with Crippen LogP contribution in [-0.2, 0) is 4.79 Å². The van der Waals surface area contributed by atoms with Crippen molar-refractivity contribution >= 4 is 34.0 Å². The van der Waals surface area contributed by atoms with Crippen LogP contribution in [0.25, 0.3) is 28.0 Å². The number of Topliss-reactive ketones (excluding diaryl/α,β-unsaturated/α-hetero) is 1. The van der Waals surface area contributed by atoms with Gasteiger partial charge in [-0.2, -0.15) is 0 Å². The Bertz CT molecular complexity index is 1220. The second-order valence-corrected chi connectivity index (χ2v) is 6.75. The van der Waals surface area contributed by atoms with E-state index in [0.29, 0.717) is 17.0 Å². The fraction of sp³-hybridized carbons (Fsp3) is 0.0417. The van der Waals surface area contributed by atoms with E-state index in [1.807, 2.05) is 60.7 Å². The number of hydrogen-bond acceptors (Lipinski definition) is 3. The van der Waals surface area contributed by atoms with Gasteiger partial charge in [0.25, 0.3) is 5.91 Å². The lowest BCUT2D eigenvalue weighted by Crippen LogP contribution is -2.11. The highest BCUT2D eigenvalue weighted by atomic mass is 16.1. The number of aromatic nitrogens is 2. The molecule has 0 aliphatic heterocycles. The van der Waals surface area contributed by atoms with Gasteiger partial charge >= 0.3 is 0 Å². The van der Waals surface area contributed by atoms with Gasteiger partial charge in [-0.3, -0.25) is 9.59 Å². The molecule has 29 heavy (non-hydrogen) atoms. The molecule has 0 saturated heterocycles. The lowest BCUT2D eigenvalue weighted by atomic mass is 10.0. The molecule has 142 valence electrons.